The summed E-state index contributed by atoms with van der Waals surface area (Å²) in [5.74, 6) is 1.51. The number of halogens is 2. The van der Waals surface area contributed by atoms with Crippen molar-refractivity contribution in [2.45, 2.75) is 12.5 Å². The second-order valence-corrected chi connectivity index (χ2v) is 4.98. The van der Waals surface area contributed by atoms with Gasteiger partial charge in [0.25, 0.3) is 0 Å². The summed E-state index contributed by atoms with van der Waals surface area (Å²) in [5, 5.41) is 9.18. The molecule has 18 heavy (non-hydrogen) atoms. The van der Waals surface area contributed by atoms with Crippen LogP contribution < -0.4 is 4.74 Å². The summed E-state index contributed by atoms with van der Waals surface area (Å²) in [7, 11) is 0. The van der Waals surface area contributed by atoms with Gasteiger partial charge in [-0.05, 0) is 51.3 Å². The SMILES string of the molecule is Oc1ccc(COc2ccc(CCl)cc2Br)cc1. The molecular weight excluding hydrogens is 316 g/mol. The third-order valence-corrected chi connectivity index (χ3v) is 3.41. The van der Waals surface area contributed by atoms with Gasteiger partial charge in [-0.15, -0.1) is 11.6 Å². The lowest BCUT2D eigenvalue weighted by atomic mass is 10.2. The lowest BCUT2D eigenvalue weighted by molar-refractivity contribution is 0.304. The molecule has 0 saturated heterocycles. The molecule has 94 valence electrons. The lowest BCUT2D eigenvalue weighted by Crippen LogP contribution is -1.96. The highest BCUT2D eigenvalue weighted by molar-refractivity contribution is 9.10. The fourth-order valence-electron chi connectivity index (χ4n) is 1.50. The Balaban J connectivity index is 2.04. The van der Waals surface area contributed by atoms with Crippen LogP contribution >= 0.6 is 27.5 Å². The molecule has 2 rings (SSSR count). The van der Waals surface area contributed by atoms with Crippen LogP contribution in [-0.4, -0.2) is 5.11 Å². The summed E-state index contributed by atoms with van der Waals surface area (Å²) in [5.41, 5.74) is 2.04. The summed E-state index contributed by atoms with van der Waals surface area (Å²) in [6.07, 6.45) is 0. The molecule has 0 atom stereocenters. The number of hydrogen-bond acceptors (Lipinski definition) is 2. The summed E-state index contributed by atoms with van der Waals surface area (Å²) in [6.45, 7) is 0.457. The van der Waals surface area contributed by atoms with E-state index in [4.69, 9.17) is 16.3 Å². The molecule has 0 fully saturated rings. The highest BCUT2D eigenvalue weighted by Crippen LogP contribution is 2.27. The average molecular weight is 328 g/mol. The molecule has 0 aliphatic heterocycles. The van der Waals surface area contributed by atoms with Crippen LogP contribution in [0.4, 0.5) is 0 Å². The number of aromatic hydroxyl groups is 1. The Labute approximate surface area is 119 Å². The molecule has 4 heteroatoms. The second-order valence-electron chi connectivity index (χ2n) is 3.85. The number of alkyl halides is 1. The molecule has 0 amide bonds. The van der Waals surface area contributed by atoms with Crippen molar-refractivity contribution in [1.29, 1.82) is 0 Å². The van der Waals surface area contributed by atoms with Gasteiger partial charge in [-0.3, -0.25) is 0 Å². The van der Waals surface area contributed by atoms with Crippen LogP contribution in [0.2, 0.25) is 0 Å². The summed E-state index contributed by atoms with van der Waals surface area (Å²) >= 11 is 9.20. The van der Waals surface area contributed by atoms with Crippen molar-refractivity contribution in [3.8, 4) is 11.5 Å². The topological polar surface area (TPSA) is 29.5 Å². The predicted molar refractivity (Wildman–Crippen MR) is 76.1 cm³/mol. The fourth-order valence-corrected chi connectivity index (χ4v) is 2.20. The minimum absolute atomic E-state index is 0.256. The molecule has 0 spiro atoms. The van der Waals surface area contributed by atoms with Gasteiger partial charge in [0.1, 0.15) is 18.1 Å². The minimum atomic E-state index is 0.256. The first-order chi connectivity index (χ1) is 8.69. The average Bonchev–Trinajstić information content (AvgIpc) is 2.39. The van der Waals surface area contributed by atoms with Gasteiger partial charge in [0.05, 0.1) is 4.47 Å². The molecule has 0 radical (unpaired) electrons. The molecule has 0 saturated carbocycles. The molecule has 0 aromatic heterocycles. The fraction of sp³-hybridized carbons (Fsp3) is 0.143. The number of hydrogen-bond donors (Lipinski definition) is 1. The van der Waals surface area contributed by atoms with Crippen molar-refractivity contribution in [2.24, 2.45) is 0 Å². The van der Waals surface area contributed by atoms with Gasteiger partial charge in [0.2, 0.25) is 0 Å². The van der Waals surface area contributed by atoms with Crippen molar-refractivity contribution < 1.29 is 9.84 Å². The van der Waals surface area contributed by atoms with Crippen LogP contribution in [0.1, 0.15) is 11.1 Å². The first-order valence-corrected chi connectivity index (χ1v) is 6.77. The maximum absolute atomic E-state index is 9.18. The van der Waals surface area contributed by atoms with E-state index in [1.54, 1.807) is 12.1 Å². The second kappa shape index (κ2) is 6.12. The van der Waals surface area contributed by atoms with Crippen molar-refractivity contribution in [1.82, 2.24) is 0 Å². The Kier molecular flexibility index (Phi) is 4.50. The first kappa shape index (κ1) is 13.2. The highest BCUT2D eigenvalue weighted by Gasteiger charge is 2.03. The Morgan fingerprint density at radius 1 is 1.06 bits per heavy atom. The number of phenolic OH excluding ortho intramolecular Hbond substituents is 1. The largest absolute Gasteiger partial charge is 0.508 e. The Morgan fingerprint density at radius 3 is 2.33 bits per heavy atom. The molecule has 0 bridgehead atoms. The van der Waals surface area contributed by atoms with Crippen LogP contribution in [0.3, 0.4) is 0 Å². The quantitative estimate of drug-likeness (QED) is 0.839. The Bertz CT molecular complexity index is 526. The van der Waals surface area contributed by atoms with Crippen LogP contribution in [-0.2, 0) is 12.5 Å². The molecule has 2 nitrogen and oxygen atoms in total. The number of ether oxygens (including phenoxy) is 1. The van der Waals surface area contributed by atoms with Crippen molar-refractivity contribution in [3.63, 3.8) is 0 Å². The van der Waals surface area contributed by atoms with Gasteiger partial charge in [0, 0.05) is 5.88 Å². The monoisotopic (exact) mass is 326 g/mol. The van der Waals surface area contributed by atoms with Crippen LogP contribution in [0.15, 0.2) is 46.9 Å². The lowest BCUT2D eigenvalue weighted by Gasteiger charge is -2.09. The van der Waals surface area contributed by atoms with E-state index in [1.807, 2.05) is 30.3 Å². The maximum atomic E-state index is 9.18. The molecular formula is C14H12BrClO2. The standard InChI is InChI=1S/C14H12BrClO2/c15-13-7-11(8-16)3-6-14(13)18-9-10-1-4-12(17)5-2-10/h1-7,17H,8-9H2. The molecule has 0 aliphatic rings. The number of benzene rings is 2. The van der Waals surface area contributed by atoms with Gasteiger partial charge in [-0.2, -0.15) is 0 Å². The first-order valence-electron chi connectivity index (χ1n) is 5.44. The van der Waals surface area contributed by atoms with Crippen LogP contribution in [0.5, 0.6) is 11.5 Å². The molecule has 0 aliphatic carbocycles. The highest BCUT2D eigenvalue weighted by atomic mass is 79.9. The van der Waals surface area contributed by atoms with Crippen LogP contribution in [0, 0.1) is 0 Å². The van der Waals surface area contributed by atoms with E-state index in [0.717, 1.165) is 21.3 Å². The zero-order chi connectivity index (χ0) is 13.0. The zero-order valence-corrected chi connectivity index (χ0v) is 11.9. The van der Waals surface area contributed by atoms with Crippen molar-refractivity contribution in [3.05, 3.63) is 58.1 Å². The zero-order valence-electron chi connectivity index (χ0n) is 9.57. The van der Waals surface area contributed by atoms with Crippen LogP contribution in [0.25, 0.3) is 0 Å². The normalized spacial score (nSPS) is 10.3. The van der Waals surface area contributed by atoms with Gasteiger partial charge in [0.15, 0.2) is 0 Å². The van der Waals surface area contributed by atoms with E-state index >= 15 is 0 Å². The molecule has 2 aromatic carbocycles. The molecule has 0 unspecified atom stereocenters. The van der Waals surface area contributed by atoms with E-state index in [-0.39, 0.29) is 5.75 Å². The van der Waals surface area contributed by atoms with Crippen molar-refractivity contribution >= 4 is 27.5 Å². The minimum Gasteiger partial charge on any atom is -0.508 e. The van der Waals surface area contributed by atoms with Gasteiger partial charge >= 0.3 is 0 Å². The van der Waals surface area contributed by atoms with Gasteiger partial charge < -0.3 is 9.84 Å². The van der Waals surface area contributed by atoms with E-state index in [2.05, 4.69) is 15.9 Å². The van der Waals surface area contributed by atoms with E-state index in [1.165, 1.54) is 0 Å². The summed E-state index contributed by atoms with van der Waals surface area (Å²) in [6, 6.07) is 12.7. The van der Waals surface area contributed by atoms with E-state index < -0.39 is 0 Å². The smallest absolute Gasteiger partial charge is 0.134 e. The van der Waals surface area contributed by atoms with Crippen molar-refractivity contribution in [2.75, 3.05) is 0 Å². The van der Waals surface area contributed by atoms with E-state index in [9.17, 15) is 5.11 Å². The predicted octanol–water partition coefficient (Wildman–Crippen LogP) is 4.47. The Hall–Kier alpha value is -1.19. The summed E-state index contributed by atoms with van der Waals surface area (Å²) in [4.78, 5) is 0. The summed E-state index contributed by atoms with van der Waals surface area (Å²) < 4.78 is 6.58. The van der Waals surface area contributed by atoms with Gasteiger partial charge in [-0.25, -0.2) is 0 Å². The Morgan fingerprint density at radius 2 is 1.72 bits per heavy atom. The molecule has 2 aromatic rings. The third kappa shape index (κ3) is 3.40. The third-order valence-electron chi connectivity index (χ3n) is 2.48. The molecule has 1 N–H and O–H groups in total. The number of phenols is 1. The van der Waals surface area contributed by atoms with E-state index in [0.29, 0.717) is 12.5 Å². The molecule has 0 heterocycles. The van der Waals surface area contributed by atoms with Gasteiger partial charge in [-0.1, -0.05) is 18.2 Å². The maximum Gasteiger partial charge on any atom is 0.134 e. The number of rotatable bonds is 4.